The van der Waals surface area contributed by atoms with Gasteiger partial charge in [-0.2, -0.15) is 5.10 Å². The summed E-state index contributed by atoms with van der Waals surface area (Å²) in [5.74, 6) is 7.71. The Kier molecular flexibility index (Phi) is 7.65. The molecular formula is C34H38BN7O+. The van der Waals surface area contributed by atoms with Gasteiger partial charge in [-0.05, 0) is 66.1 Å². The molecule has 1 aromatic heterocycles. The largest absolute Gasteiger partial charge is 0.553 e. The van der Waals surface area contributed by atoms with Gasteiger partial charge in [0.25, 0.3) is 5.84 Å². The van der Waals surface area contributed by atoms with Crippen molar-refractivity contribution in [1.29, 1.82) is 0 Å². The molecule has 0 aliphatic carbocycles. The third-order valence-electron chi connectivity index (χ3n) is 8.22. The van der Waals surface area contributed by atoms with Crippen LogP contribution in [0.15, 0.2) is 88.6 Å². The molecule has 0 bridgehead atoms. The summed E-state index contributed by atoms with van der Waals surface area (Å²) in [5.41, 5.74) is 7.94. The number of hydrogen-bond donors (Lipinski definition) is 2. The Bertz CT molecular complexity index is 1690. The summed E-state index contributed by atoms with van der Waals surface area (Å²) >= 11 is 0. The van der Waals surface area contributed by atoms with Crippen molar-refractivity contribution in [2.45, 2.75) is 52.4 Å². The second-order valence-electron chi connectivity index (χ2n) is 12.3. The van der Waals surface area contributed by atoms with E-state index < -0.39 is 0 Å². The third kappa shape index (κ3) is 5.72. The molecule has 1 radical (unpaired) electrons. The van der Waals surface area contributed by atoms with Gasteiger partial charge in [-0.3, -0.25) is 14.2 Å². The number of amidine groups is 1. The highest BCUT2D eigenvalue weighted by Crippen LogP contribution is 2.38. The lowest BCUT2D eigenvalue weighted by atomic mass is 9.86. The van der Waals surface area contributed by atoms with Gasteiger partial charge < -0.3 is 15.6 Å². The van der Waals surface area contributed by atoms with Crippen LogP contribution in [0.25, 0.3) is 5.57 Å². The van der Waals surface area contributed by atoms with E-state index in [4.69, 9.17) is 10.8 Å². The molecule has 0 saturated carbocycles. The number of anilines is 1. The fraction of sp³-hybridized carbons (Fsp3) is 0.294. The van der Waals surface area contributed by atoms with Gasteiger partial charge in [0.1, 0.15) is 17.2 Å². The molecular weight excluding hydrogens is 533 g/mol. The highest BCUT2D eigenvalue weighted by atomic mass is 16.1. The molecule has 3 aliphatic rings. The molecule has 0 spiro atoms. The van der Waals surface area contributed by atoms with Gasteiger partial charge in [-0.25, -0.2) is 4.99 Å². The van der Waals surface area contributed by atoms with E-state index in [1.807, 2.05) is 30.3 Å². The molecule has 1 fully saturated rings. The van der Waals surface area contributed by atoms with E-state index in [1.165, 1.54) is 37.6 Å². The molecule has 1 saturated heterocycles. The fourth-order valence-corrected chi connectivity index (χ4v) is 5.93. The first-order chi connectivity index (χ1) is 20.7. The summed E-state index contributed by atoms with van der Waals surface area (Å²) in [4.78, 5) is 18.8. The Morgan fingerprint density at radius 2 is 1.70 bits per heavy atom. The molecule has 8 nitrogen and oxygen atoms in total. The number of nitrogens with one attached hydrogen (secondary N) is 1. The Balaban J connectivity index is 1.38. The third-order valence-corrected chi connectivity index (χ3v) is 8.22. The minimum absolute atomic E-state index is 0.0658. The number of hydrazone groups is 1. The van der Waals surface area contributed by atoms with Crippen LogP contribution in [0, 0.1) is 0 Å². The van der Waals surface area contributed by atoms with E-state index in [0.717, 1.165) is 52.7 Å². The van der Waals surface area contributed by atoms with Crippen molar-refractivity contribution in [1.82, 2.24) is 9.29 Å². The number of fused-ring (bicyclic) bond motifs is 2. The number of hydrogen-bond acceptors (Lipinski definition) is 4. The van der Waals surface area contributed by atoms with Gasteiger partial charge in [0.05, 0.1) is 19.3 Å². The summed E-state index contributed by atoms with van der Waals surface area (Å²) < 4.78 is 4.60. The van der Waals surface area contributed by atoms with Crippen molar-refractivity contribution in [3.05, 3.63) is 101 Å². The predicted octanol–water partition coefficient (Wildman–Crippen LogP) is 5.43. The summed E-state index contributed by atoms with van der Waals surface area (Å²) in [5, 5.41) is 6.93. The highest BCUT2D eigenvalue weighted by molar-refractivity contribution is 6.41. The van der Waals surface area contributed by atoms with E-state index in [1.54, 1.807) is 6.21 Å². The Morgan fingerprint density at radius 3 is 2.35 bits per heavy atom. The first-order valence-corrected chi connectivity index (χ1v) is 14.9. The normalized spacial score (nSPS) is 16.9. The SMILES string of the molecule is CC(=O)Nc1ccc(C2=C3C=CC(=[N+]4CCCCC4)N3[B]n3c(N=CC(=NN)c4ccc(C(C)(C)C)cc4)ccc32)cc1. The summed E-state index contributed by atoms with van der Waals surface area (Å²) in [6.45, 7) is 10.2. The van der Waals surface area contributed by atoms with Gasteiger partial charge in [0.15, 0.2) is 0 Å². The van der Waals surface area contributed by atoms with Gasteiger partial charge in [0.2, 0.25) is 5.91 Å². The fourth-order valence-electron chi connectivity index (χ4n) is 5.93. The molecule has 9 heteroatoms. The zero-order valence-corrected chi connectivity index (χ0v) is 25.3. The van der Waals surface area contributed by atoms with E-state index in [9.17, 15) is 4.79 Å². The lowest BCUT2D eigenvalue weighted by Gasteiger charge is -2.27. The first kappa shape index (κ1) is 28.5. The average molecular weight is 572 g/mol. The average Bonchev–Trinajstić information content (AvgIpc) is 3.61. The number of aliphatic imine (C=N–C) groups is 1. The van der Waals surface area contributed by atoms with Crippen LogP contribution >= 0.6 is 0 Å². The van der Waals surface area contributed by atoms with Crippen molar-refractivity contribution in [3.63, 3.8) is 0 Å². The van der Waals surface area contributed by atoms with Crippen molar-refractivity contribution < 1.29 is 9.37 Å². The summed E-state index contributed by atoms with van der Waals surface area (Å²) in [7, 11) is 2.13. The number of nitrogens with zero attached hydrogens (tertiary/aromatic N) is 5. The van der Waals surface area contributed by atoms with Crippen LogP contribution < -0.4 is 11.2 Å². The maximum absolute atomic E-state index is 11.6. The van der Waals surface area contributed by atoms with Crippen LogP contribution in [0.2, 0.25) is 0 Å². The van der Waals surface area contributed by atoms with E-state index in [-0.39, 0.29) is 11.3 Å². The van der Waals surface area contributed by atoms with Crippen molar-refractivity contribution in [3.8, 4) is 0 Å². The number of nitrogens with two attached hydrogens (primary N) is 1. The lowest BCUT2D eigenvalue weighted by Crippen LogP contribution is -2.42. The smallest absolute Gasteiger partial charge is 0.329 e. The molecule has 1 amide bonds. The molecule has 2 aromatic carbocycles. The second-order valence-corrected chi connectivity index (χ2v) is 12.3. The molecule has 217 valence electrons. The molecule has 0 atom stereocenters. The van der Waals surface area contributed by atoms with Gasteiger partial charge in [0, 0.05) is 35.5 Å². The Morgan fingerprint density at radius 1 is 0.977 bits per heavy atom. The standard InChI is InChI=1S/C34H37BN7O/c1-23(43)38-27-14-10-25(11-15-27)33-29-16-18-31(37-22-28(39-36)24-8-12-26(13-9-24)34(2,3)4)41(29)35-42-30(33)17-19-32(42)40-20-6-5-7-21-40/h8-19,22H,5-7,20-21H2,1-4H3,(H2,36,37,38,43)/p+1. The number of rotatable bonds is 5. The van der Waals surface area contributed by atoms with Crippen molar-refractivity contribution in [2.75, 3.05) is 18.4 Å². The van der Waals surface area contributed by atoms with E-state index in [2.05, 4.69) is 95.1 Å². The minimum atomic E-state index is -0.0883. The number of amides is 1. The van der Waals surface area contributed by atoms with Crippen LogP contribution in [0.1, 0.15) is 69.3 Å². The summed E-state index contributed by atoms with van der Waals surface area (Å²) in [6.07, 6.45) is 9.83. The molecule has 43 heavy (non-hydrogen) atoms. The topological polar surface area (TPSA) is 91.0 Å². The number of carbonyl (C=O) groups is 1. The predicted molar refractivity (Wildman–Crippen MR) is 176 cm³/mol. The zero-order valence-electron chi connectivity index (χ0n) is 25.3. The number of carbonyl (C=O) groups excluding carboxylic acids is 1. The van der Waals surface area contributed by atoms with Crippen molar-refractivity contribution >= 4 is 48.3 Å². The van der Waals surface area contributed by atoms with E-state index >= 15 is 0 Å². The molecule has 4 heterocycles. The maximum atomic E-state index is 11.6. The molecule has 3 aliphatic heterocycles. The number of aromatic nitrogens is 1. The quantitative estimate of drug-likeness (QED) is 0.141. The van der Waals surface area contributed by atoms with Crippen LogP contribution in [0.3, 0.4) is 0 Å². The van der Waals surface area contributed by atoms with Crippen LogP contribution in [0.5, 0.6) is 0 Å². The highest BCUT2D eigenvalue weighted by Gasteiger charge is 2.40. The van der Waals surface area contributed by atoms with Gasteiger partial charge in [-0.1, -0.05) is 57.2 Å². The van der Waals surface area contributed by atoms with Crippen molar-refractivity contribution in [2.24, 2.45) is 15.9 Å². The van der Waals surface area contributed by atoms with Gasteiger partial charge >= 0.3 is 7.55 Å². The lowest BCUT2D eigenvalue weighted by molar-refractivity contribution is -0.539. The van der Waals surface area contributed by atoms with E-state index in [0.29, 0.717) is 5.71 Å². The number of benzene rings is 2. The van der Waals surface area contributed by atoms with Gasteiger partial charge in [-0.15, -0.1) is 0 Å². The second kappa shape index (κ2) is 11.6. The Labute approximate surface area is 254 Å². The monoisotopic (exact) mass is 571 g/mol. The maximum Gasteiger partial charge on any atom is 0.553 e. The molecule has 3 N–H and O–H groups in total. The number of allylic oxidation sites excluding steroid dienone is 1. The van der Waals surface area contributed by atoms with Crippen LogP contribution in [-0.4, -0.2) is 58.2 Å². The molecule has 3 aromatic rings. The molecule has 6 rings (SSSR count). The van der Waals surface area contributed by atoms with Crippen LogP contribution in [-0.2, 0) is 10.2 Å². The first-order valence-electron chi connectivity index (χ1n) is 14.9. The number of piperidine rings is 1. The summed E-state index contributed by atoms with van der Waals surface area (Å²) in [6, 6.07) is 20.5. The molecule has 0 unspecified atom stereocenters. The zero-order chi connectivity index (χ0) is 30.1. The minimum Gasteiger partial charge on any atom is -0.329 e. The Hall–Kier alpha value is -4.66. The van der Waals surface area contributed by atoms with Crippen LogP contribution in [0.4, 0.5) is 11.5 Å².